The monoisotopic (exact) mass is 717 g/mol. The van der Waals surface area contributed by atoms with Gasteiger partial charge in [0.2, 0.25) is 17.7 Å². The molecule has 4 atom stereocenters. The molecular weight excluding hydrogens is 671 g/mol. The zero-order chi connectivity index (χ0) is 37.3. The predicted octanol–water partition coefficient (Wildman–Crippen LogP) is 2.78. The first-order chi connectivity index (χ1) is 24.0. The Morgan fingerprint density at radius 3 is 2.10 bits per heavy atom. The number of rotatable bonds is 14. The number of carbonyl (C=O) groups excluding carboxylic acids is 5. The van der Waals surface area contributed by atoms with Gasteiger partial charge in [-0.1, -0.05) is 72.8 Å². The second-order valence-corrected chi connectivity index (χ2v) is 15.6. The van der Waals surface area contributed by atoms with E-state index in [2.05, 4.69) is 16.0 Å². The number of carbonyl (C=O) groups is 5. The molecule has 1 heterocycles. The van der Waals surface area contributed by atoms with Gasteiger partial charge < -0.3 is 36.4 Å². The maximum Gasteiger partial charge on any atom is 0.258 e. The highest BCUT2D eigenvalue weighted by Gasteiger charge is 2.50. The molecule has 0 saturated carbocycles. The lowest BCUT2D eigenvalue weighted by Crippen LogP contribution is -2.61. The predicted molar refractivity (Wildman–Crippen MR) is 196 cm³/mol. The van der Waals surface area contributed by atoms with Crippen molar-refractivity contribution in [2.45, 2.75) is 82.0 Å². The van der Waals surface area contributed by atoms with Crippen LogP contribution in [0.2, 0.25) is 0 Å². The number of hydrogen-bond acceptors (Lipinski definition) is 8. The van der Waals surface area contributed by atoms with Crippen LogP contribution in [0.5, 0.6) is 5.75 Å². The van der Waals surface area contributed by atoms with Crippen molar-refractivity contribution >= 4 is 41.3 Å². The summed E-state index contributed by atoms with van der Waals surface area (Å²) >= 11 is 1.40. The van der Waals surface area contributed by atoms with E-state index in [0.717, 1.165) is 11.1 Å². The summed E-state index contributed by atoms with van der Waals surface area (Å²) in [5.41, 5.74) is 7.57. The number of benzene rings is 3. The lowest BCUT2D eigenvalue weighted by atomic mass is 9.96. The summed E-state index contributed by atoms with van der Waals surface area (Å²) in [6.07, 6.45) is -2.29. The fourth-order valence-electron chi connectivity index (χ4n) is 5.76. The molecule has 0 aliphatic carbocycles. The number of ether oxygens (including phenoxy) is 1. The van der Waals surface area contributed by atoms with Crippen LogP contribution in [0.15, 0.2) is 84.9 Å². The molecule has 13 heteroatoms. The standard InChI is InChI=1S/C38H47N5O7S/c1-37(2,3)42-35(48)33-38(4,5)51-23-43(33)36(49)32(46)28(20-24-12-8-6-9-13-24)41-34(47)29(21-30(39)44)40-31(45)22-50-27-18-16-26(17-19-27)25-14-10-7-11-15-25/h6-19,28-29,32-33,46H,20-23H2,1-5H3,(H2,39,44)(H,40,45)(H,41,47)(H,42,48)/t28-,29-,32-,33+/m0/s1. The summed E-state index contributed by atoms with van der Waals surface area (Å²) in [6, 6.07) is 22.3. The van der Waals surface area contributed by atoms with Crippen LogP contribution in [-0.4, -0.2) is 86.5 Å². The molecule has 0 bridgehead atoms. The molecule has 1 fully saturated rings. The molecule has 6 N–H and O–H groups in total. The van der Waals surface area contributed by atoms with Gasteiger partial charge in [0.1, 0.15) is 17.8 Å². The highest BCUT2D eigenvalue weighted by molar-refractivity contribution is 8.00. The minimum Gasteiger partial charge on any atom is -0.484 e. The van der Waals surface area contributed by atoms with Crippen LogP contribution in [0.3, 0.4) is 0 Å². The minimum absolute atomic E-state index is 0.0298. The van der Waals surface area contributed by atoms with Crippen molar-refractivity contribution in [1.82, 2.24) is 20.9 Å². The summed E-state index contributed by atoms with van der Waals surface area (Å²) in [5.74, 6) is -2.92. The third-order valence-corrected chi connectivity index (χ3v) is 9.60. The summed E-state index contributed by atoms with van der Waals surface area (Å²) in [5, 5.41) is 19.6. The number of aliphatic hydroxyl groups is 1. The topological polar surface area (TPSA) is 180 Å². The van der Waals surface area contributed by atoms with Gasteiger partial charge in [0.15, 0.2) is 12.7 Å². The van der Waals surface area contributed by atoms with E-state index in [9.17, 15) is 29.1 Å². The Kier molecular flexibility index (Phi) is 12.9. The quantitative estimate of drug-likeness (QED) is 0.169. The second-order valence-electron chi connectivity index (χ2n) is 14.0. The molecule has 1 aliphatic heterocycles. The van der Waals surface area contributed by atoms with Gasteiger partial charge in [-0.3, -0.25) is 24.0 Å². The molecule has 4 rings (SSSR count). The number of primary amides is 1. The van der Waals surface area contributed by atoms with Crippen molar-refractivity contribution < 1.29 is 33.8 Å². The van der Waals surface area contributed by atoms with E-state index < -0.39 is 71.2 Å². The molecule has 0 unspecified atom stereocenters. The molecule has 0 radical (unpaired) electrons. The largest absolute Gasteiger partial charge is 0.484 e. The number of nitrogens with one attached hydrogen (secondary N) is 3. The number of amides is 5. The van der Waals surface area contributed by atoms with Crippen molar-refractivity contribution in [1.29, 1.82) is 0 Å². The van der Waals surface area contributed by atoms with Crippen molar-refractivity contribution in [3.63, 3.8) is 0 Å². The van der Waals surface area contributed by atoms with Crippen LogP contribution < -0.4 is 26.4 Å². The van der Waals surface area contributed by atoms with Crippen LogP contribution in [0, 0.1) is 0 Å². The molecule has 12 nitrogen and oxygen atoms in total. The van der Waals surface area contributed by atoms with E-state index in [0.29, 0.717) is 11.3 Å². The normalized spacial score (nSPS) is 17.1. The van der Waals surface area contributed by atoms with Crippen molar-refractivity contribution in [2.24, 2.45) is 5.73 Å². The Morgan fingerprint density at radius 1 is 0.922 bits per heavy atom. The molecule has 0 aromatic heterocycles. The Bertz CT molecular complexity index is 1680. The zero-order valence-corrected chi connectivity index (χ0v) is 30.4. The third-order valence-electron chi connectivity index (χ3n) is 8.22. The first kappa shape index (κ1) is 38.9. The van der Waals surface area contributed by atoms with Gasteiger partial charge in [0.25, 0.3) is 11.8 Å². The molecular formula is C38H47N5O7S. The van der Waals surface area contributed by atoms with Gasteiger partial charge in [-0.15, -0.1) is 11.8 Å². The SMILES string of the molecule is CC(C)(C)NC(=O)[C@H]1N(C(=O)[C@@H](O)[C@H](Cc2ccccc2)NC(=O)[C@H](CC(N)=O)NC(=O)COc2ccc(-c3ccccc3)cc2)CSC1(C)C. The van der Waals surface area contributed by atoms with Gasteiger partial charge >= 0.3 is 0 Å². The Hall–Kier alpha value is -4.88. The fourth-order valence-corrected chi connectivity index (χ4v) is 6.90. The maximum absolute atomic E-state index is 13.9. The van der Waals surface area contributed by atoms with Crippen LogP contribution in [0.4, 0.5) is 0 Å². The molecule has 5 amide bonds. The maximum atomic E-state index is 13.9. The Balaban J connectivity index is 1.48. The van der Waals surface area contributed by atoms with E-state index in [1.54, 1.807) is 42.5 Å². The number of nitrogens with two attached hydrogens (primary N) is 1. The zero-order valence-electron chi connectivity index (χ0n) is 29.6. The Labute approximate surface area is 302 Å². The fraction of sp³-hybridized carbons (Fsp3) is 0.395. The summed E-state index contributed by atoms with van der Waals surface area (Å²) in [6.45, 7) is 8.76. The van der Waals surface area contributed by atoms with Crippen LogP contribution in [0.1, 0.15) is 46.6 Å². The van der Waals surface area contributed by atoms with Crippen molar-refractivity contribution in [3.05, 3.63) is 90.5 Å². The number of nitrogens with zero attached hydrogens (tertiary/aromatic N) is 1. The van der Waals surface area contributed by atoms with E-state index in [4.69, 9.17) is 10.5 Å². The molecule has 3 aromatic rings. The second kappa shape index (κ2) is 16.9. The summed E-state index contributed by atoms with van der Waals surface area (Å²) in [4.78, 5) is 67.3. The van der Waals surface area contributed by atoms with Gasteiger partial charge in [0.05, 0.1) is 18.3 Å². The molecule has 3 aromatic carbocycles. The third kappa shape index (κ3) is 11.1. The van der Waals surface area contributed by atoms with Gasteiger partial charge in [-0.2, -0.15) is 0 Å². The van der Waals surface area contributed by atoms with Gasteiger partial charge in [0, 0.05) is 10.3 Å². The lowest BCUT2D eigenvalue weighted by Gasteiger charge is -2.35. The minimum atomic E-state index is -1.78. The smallest absolute Gasteiger partial charge is 0.258 e. The number of thioether (sulfide) groups is 1. The Morgan fingerprint density at radius 2 is 1.51 bits per heavy atom. The highest BCUT2D eigenvalue weighted by atomic mass is 32.2. The van der Waals surface area contributed by atoms with E-state index in [1.807, 2.05) is 77.1 Å². The average molecular weight is 718 g/mol. The van der Waals surface area contributed by atoms with E-state index >= 15 is 0 Å². The molecule has 0 spiro atoms. The van der Waals surface area contributed by atoms with Gasteiger partial charge in [-0.25, -0.2) is 0 Å². The molecule has 1 aliphatic rings. The average Bonchev–Trinajstić information content (AvgIpc) is 3.41. The van der Waals surface area contributed by atoms with Gasteiger partial charge in [-0.05, 0) is 69.9 Å². The van der Waals surface area contributed by atoms with Crippen LogP contribution in [-0.2, 0) is 30.4 Å². The number of hydrogen-bond donors (Lipinski definition) is 5. The molecule has 272 valence electrons. The summed E-state index contributed by atoms with van der Waals surface area (Å²) < 4.78 is 4.96. The van der Waals surface area contributed by atoms with Crippen LogP contribution in [0.25, 0.3) is 11.1 Å². The first-order valence-electron chi connectivity index (χ1n) is 16.7. The number of aliphatic hydroxyl groups excluding tert-OH is 1. The molecule has 1 saturated heterocycles. The highest BCUT2D eigenvalue weighted by Crippen LogP contribution is 2.40. The summed E-state index contributed by atoms with van der Waals surface area (Å²) in [7, 11) is 0. The van der Waals surface area contributed by atoms with Crippen LogP contribution >= 0.6 is 11.8 Å². The first-order valence-corrected chi connectivity index (χ1v) is 17.7. The van der Waals surface area contributed by atoms with E-state index in [1.165, 1.54) is 16.7 Å². The molecule has 51 heavy (non-hydrogen) atoms. The van der Waals surface area contributed by atoms with Crippen molar-refractivity contribution in [3.8, 4) is 16.9 Å². The van der Waals surface area contributed by atoms with Crippen molar-refractivity contribution in [2.75, 3.05) is 12.5 Å². The lowest BCUT2D eigenvalue weighted by molar-refractivity contribution is -0.148. The van der Waals surface area contributed by atoms with E-state index in [-0.39, 0.29) is 18.2 Å².